The van der Waals surface area contributed by atoms with Crippen LogP contribution in [0.15, 0.2) is 42.5 Å². The fourth-order valence-electron chi connectivity index (χ4n) is 3.85. The smallest absolute Gasteiger partial charge is 0.265 e. The quantitative estimate of drug-likeness (QED) is 0.512. The molecule has 1 aliphatic rings. The van der Waals surface area contributed by atoms with E-state index in [1.165, 1.54) is 4.90 Å². The molecule has 0 spiro atoms. The van der Waals surface area contributed by atoms with Crippen molar-refractivity contribution in [3.63, 3.8) is 0 Å². The van der Waals surface area contributed by atoms with Crippen LogP contribution < -0.4 is 19.7 Å². The molecule has 0 bridgehead atoms. The lowest BCUT2D eigenvalue weighted by atomic mass is 10.1. The molecule has 34 heavy (non-hydrogen) atoms. The zero-order valence-electron chi connectivity index (χ0n) is 20.3. The Morgan fingerprint density at radius 3 is 2.65 bits per heavy atom. The molecule has 182 valence electrons. The number of nitrogens with zero attached hydrogens (tertiary/aromatic N) is 2. The van der Waals surface area contributed by atoms with E-state index in [1.807, 2.05) is 25.1 Å². The molecule has 0 aliphatic carbocycles. The zero-order chi connectivity index (χ0) is 24.7. The fourth-order valence-corrected chi connectivity index (χ4v) is 3.85. The van der Waals surface area contributed by atoms with Gasteiger partial charge in [-0.2, -0.15) is 0 Å². The van der Waals surface area contributed by atoms with Crippen LogP contribution in [0.1, 0.15) is 36.7 Å². The third-order valence-electron chi connectivity index (χ3n) is 5.91. The number of hydrogen-bond donors (Lipinski definition) is 1. The summed E-state index contributed by atoms with van der Waals surface area (Å²) in [7, 11) is 0. The van der Waals surface area contributed by atoms with Crippen LogP contribution in [0, 0.1) is 6.92 Å². The van der Waals surface area contributed by atoms with Crippen molar-refractivity contribution in [3.05, 3.63) is 53.6 Å². The maximum atomic E-state index is 12.8. The molecular weight excluding hydrogens is 434 g/mol. The maximum absolute atomic E-state index is 12.8. The van der Waals surface area contributed by atoms with Crippen molar-refractivity contribution >= 4 is 23.3 Å². The van der Waals surface area contributed by atoms with E-state index < -0.39 is 6.04 Å². The Morgan fingerprint density at radius 2 is 1.94 bits per heavy atom. The first-order chi connectivity index (χ1) is 16.3. The molecule has 0 saturated heterocycles. The van der Waals surface area contributed by atoms with Gasteiger partial charge in [0.05, 0.1) is 5.69 Å². The number of carbonyl (C=O) groups excluding carboxylic acids is 3. The molecule has 2 aromatic rings. The summed E-state index contributed by atoms with van der Waals surface area (Å²) in [6.45, 7) is 10.5. The lowest BCUT2D eigenvalue weighted by Gasteiger charge is -2.33. The summed E-state index contributed by atoms with van der Waals surface area (Å²) in [5, 5.41) is 2.91. The minimum absolute atomic E-state index is 0.140. The van der Waals surface area contributed by atoms with Crippen LogP contribution in [0.25, 0.3) is 0 Å². The lowest BCUT2D eigenvalue weighted by Crippen LogP contribution is -2.52. The highest BCUT2D eigenvalue weighted by Gasteiger charge is 2.33. The number of aryl methyl sites for hydroxylation is 1. The van der Waals surface area contributed by atoms with Gasteiger partial charge < -0.3 is 19.7 Å². The molecule has 0 fully saturated rings. The number of rotatable bonds is 11. The zero-order valence-corrected chi connectivity index (χ0v) is 20.3. The third kappa shape index (κ3) is 6.14. The van der Waals surface area contributed by atoms with Crippen molar-refractivity contribution in [3.8, 4) is 11.5 Å². The molecule has 1 aliphatic heterocycles. The van der Waals surface area contributed by atoms with Gasteiger partial charge in [0.1, 0.15) is 17.5 Å². The Kier molecular flexibility index (Phi) is 8.65. The van der Waals surface area contributed by atoms with E-state index in [9.17, 15) is 14.4 Å². The Balaban J connectivity index is 1.71. The number of anilines is 1. The molecule has 0 saturated carbocycles. The van der Waals surface area contributed by atoms with Crippen LogP contribution in [0.2, 0.25) is 0 Å². The van der Waals surface area contributed by atoms with E-state index in [1.54, 1.807) is 31.2 Å². The van der Waals surface area contributed by atoms with Gasteiger partial charge in [0.15, 0.2) is 19.0 Å². The van der Waals surface area contributed by atoms with Crippen molar-refractivity contribution in [2.45, 2.75) is 33.7 Å². The first kappa shape index (κ1) is 25.2. The largest absolute Gasteiger partial charge is 0.485 e. The number of ether oxygens (including phenoxy) is 2. The van der Waals surface area contributed by atoms with Gasteiger partial charge in [-0.1, -0.05) is 26.0 Å². The predicted octanol–water partition coefficient (Wildman–Crippen LogP) is 2.83. The number of ketones is 1. The Bertz CT molecular complexity index is 1030. The first-order valence-corrected chi connectivity index (χ1v) is 11.7. The molecule has 2 aromatic carbocycles. The summed E-state index contributed by atoms with van der Waals surface area (Å²) in [5.74, 6) is 0.242. The van der Waals surface area contributed by atoms with E-state index in [4.69, 9.17) is 9.47 Å². The minimum atomic E-state index is -0.749. The van der Waals surface area contributed by atoms with Crippen molar-refractivity contribution < 1.29 is 23.9 Å². The average Bonchev–Trinajstić information content (AvgIpc) is 2.84. The SMILES string of the molecule is CCN(CC)CCNC(=O)C(C)N1C(=O)COc2ccc(C(=O)COc3cccc(C)c3)cc21. The fraction of sp³-hybridized carbons (Fsp3) is 0.423. The second kappa shape index (κ2) is 11.7. The summed E-state index contributed by atoms with van der Waals surface area (Å²) in [5.41, 5.74) is 1.82. The molecule has 1 atom stereocenters. The van der Waals surface area contributed by atoms with Crippen LogP contribution in [0.4, 0.5) is 5.69 Å². The van der Waals surface area contributed by atoms with E-state index in [-0.39, 0.29) is 30.8 Å². The summed E-state index contributed by atoms with van der Waals surface area (Å²) >= 11 is 0. The van der Waals surface area contributed by atoms with E-state index in [2.05, 4.69) is 24.1 Å². The van der Waals surface area contributed by atoms with Crippen LogP contribution in [-0.4, -0.2) is 67.9 Å². The van der Waals surface area contributed by atoms with E-state index in [0.717, 1.165) is 25.2 Å². The highest BCUT2D eigenvalue weighted by molar-refractivity contribution is 6.05. The summed E-state index contributed by atoms with van der Waals surface area (Å²) < 4.78 is 11.2. The van der Waals surface area contributed by atoms with Crippen LogP contribution in [0.3, 0.4) is 0 Å². The number of benzene rings is 2. The number of amides is 2. The lowest BCUT2D eigenvalue weighted by molar-refractivity contribution is -0.127. The third-order valence-corrected chi connectivity index (χ3v) is 5.91. The van der Waals surface area contributed by atoms with Crippen LogP contribution in [-0.2, 0) is 9.59 Å². The molecule has 3 rings (SSSR count). The van der Waals surface area contributed by atoms with Gasteiger partial charge in [0.25, 0.3) is 5.91 Å². The number of carbonyl (C=O) groups is 3. The van der Waals surface area contributed by atoms with Gasteiger partial charge in [-0.3, -0.25) is 19.3 Å². The van der Waals surface area contributed by atoms with Crippen molar-refractivity contribution in [1.29, 1.82) is 0 Å². The molecule has 1 heterocycles. The van der Waals surface area contributed by atoms with Crippen molar-refractivity contribution in [2.75, 3.05) is 44.3 Å². The molecule has 2 amide bonds. The molecule has 1 N–H and O–H groups in total. The van der Waals surface area contributed by atoms with Gasteiger partial charge in [-0.25, -0.2) is 0 Å². The molecule has 1 unspecified atom stereocenters. The van der Waals surface area contributed by atoms with Gasteiger partial charge >= 0.3 is 0 Å². The molecule has 8 heteroatoms. The normalized spacial score (nSPS) is 13.8. The maximum Gasteiger partial charge on any atom is 0.265 e. The molecule has 0 aromatic heterocycles. The predicted molar refractivity (Wildman–Crippen MR) is 131 cm³/mol. The van der Waals surface area contributed by atoms with Crippen molar-refractivity contribution in [1.82, 2.24) is 10.2 Å². The standard InChI is InChI=1S/C26H33N3O5/c1-5-28(6-2)13-12-27-26(32)19(4)29-22-15-20(10-11-24(22)34-17-25(29)31)23(30)16-33-21-9-7-8-18(3)14-21/h7-11,14-15,19H,5-6,12-13,16-17H2,1-4H3,(H,27,32). The highest BCUT2D eigenvalue weighted by Crippen LogP contribution is 2.34. The van der Waals surface area contributed by atoms with E-state index in [0.29, 0.717) is 29.3 Å². The molecule has 8 nitrogen and oxygen atoms in total. The Labute approximate surface area is 200 Å². The number of hydrogen-bond acceptors (Lipinski definition) is 6. The molecule has 0 radical (unpaired) electrons. The second-order valence-corrected chi connectivity index (χ2v) is 8.26. The summed E-state index contributed by atoms with van der Waals surface area (Å²) in [6.07, 6.45) is 0. The van der Waals surface area contributed by atoms with Gasteiger partial charge in [-0.05, 0) is 62.8 Å². The highest BCUT2D eigenvalue weighted by atomic mass is 16.5. The number of nitrogens with one attached hydrogen (secondary N) is 1. The van der Waals surface area contributed by atoms with Gasteiger partial charge in [0, 0.05) is 18.7 Å². The first-order valence-electron chi connectivity index (χ1n) is 11.7. The monoisotopic (exact) mass is 467 g/mol. The van der Waals surface area contributed by atoms with Crippen LogP contribution in [0.5, 0.6) is 11.5 Å². The Hall–Kier alpha value is -3.39. The van der Waals surface area contributed by atoms with Gasteiger partial charge in [0.2, 0.25) is 5.91 Å². The minimum Gasteiger partial charge on any atom is -0.485 e. The van der Waals surface area contributed by atoms with Gasteiger partial charge in [-0.15, -0.1) is 0 Å². The second-order valence-electron chi connectivity index (χ2n) is 8.26. The van der Waals surface area contributed by atoms with Crippen molar-refractivity contribution in [2.24, 2.45) is 0 Å². The molecular formula is C26H33N3O5. The number of fused-ring (bicyclic) bond motifs is 1. The number of likely N-dealkylation sites (N-methyl/N-ethyl adjacent to an activating group) is 1. The topological polar surface area (TPSA) is 88.2 Å². The number of Topliss-reactive ketones (excluding diaryl/α,β-unsaturated/α-hetero) is 1. The summed E-state index contributed by atoms with van der Waals surface area (Å²) in [6, 6.07) is 11.6. The Morgan fingerprint density at radius 1 is 1.18 bits per heavy atom. The van der Waals surface area contributed by atoms with E-state index >= 15 is 0 Å². The average molecular weight is 468 g/mol. The van der Waals surface area contributed by atoms with Crippen LogP contribution >= 0.6 is 0 Å². The summed E-state index contributed by atoms with van der Waals surface area (Å²) in [4.78, 5) is 41.9.